The van der Waals surface area contributed by atoms with E-state index in [-0.39, 0.29) is 23.9 Å². The molecule has 8 heteroatoms. The molecule has 0 atom stereocenters. The van der Waals surface area contributed by atoms with E-state index >= 15 is 0 Å². The molecule has 1 amide bonds. The maximum atomic E-state index is 13.4. The first kappa shape index (κ1) is 20.8. The Morgan fingerprint density at radius 3 is 2.43 bits per heavy atom. The Morgan fingerprint density at radius 1 is 1.07 bits per heavy atom. The van der Waals surface area contributed by atoms with E-state index in [1.54, 1.807) is 4.90 Å². The summed E-state index contributed by atoms with van der Waals surface area (Å²) in [7, 11) is -3.75. The van der Waals surface area contributed by atoms with Gasteiger partial charge in [0.05, 0.1) is 10.6 Å². The summed E-state index contributed by atoms with van der Waals surface area (Å²) in [6.45, 7) is 5.14. The molecule has 1 heterocycles. The summed E-state index contributed by atoms with van der Waals surface area (Å²) in [4.78, 5) is 15.2. The average Bonchev–Trinajstić information content (AvgIpc) is 2.67. The Hall–Kier alpha value is -1.90. The van der Waals surface area contributed by atoms with Gasteiger partial charge in [0, 0.05) is 31.1 Å². The molecule has 150 valence electrons. The molecule has 0 aromatic heterocycles. The third-order valence-corrected chi connectivity index (χ3v) is 7.76. The van der Waals surface area contributed by atoms with Gasteiger partial charge in [-0.2, -0.15) is 4.31 Å². The SMILES string of the molecule is Cc1ccc(SCC(=O)N2CCN(S(=O)(=O)c3cccc(F)c3)CC2)c(C)c1. The van der Waals surface area contributed by atoms with Gasteiger partial charge >= 0.3 is 0 Å². The fourth-order valence-electron chi connectivity index (χ4n) is 3.15. The number of sulfonamides is 1. The Morgan fingerprint density at radius 2 is 1.79 bits per heavy atom. The molecule has 28 heavy (non-hydrogen) atoms. The summed E-state index contributed by atoms with van der Waals surface area (Å²) < 4.78 is 40.0. The number of halogens is 1. The van der Waals surface area contributed by atoms with Crippen LogP contribution >= 0.6 is 11.8 Å². The van der Waals surface area contributed by atoms with Crippen LogP contribution in [0.1, 0.15) is 11.1 Å². The number of carbonyl (C=O) groups excluding carboxylic acids is 1. The largest absolute Gasteiger partial charge is 0.339 e. The second kappa shape index (κ2) is 8.63. The number of hydrogen-bond acceptors (Lipinski definition) is 4. The summed E-state index contributed by atoms with van der Waals surface area (Å²) >= 11 is 1.50. The highest BCUT2D eigenvalue weighted by Gasteiger charge is 2.30. The fraction of sp³-hybridized carbons (Fsp3) is 0.350. The van der Waals surface area contributed by atoms with Crippen molar-refractivity contribution in [1.82, 2.24) is 9.21 Å². The van der Waals surface area contributed by atoms with Crippen molar-refractivity contribution in [1.29, 1.82) is 0 Å². The molecular formula is C20H23FN2O3S2. The van der Waals surface area contributed by atoms with Crippen molar-refractivity contribution in [3.05, 3.63) is 59.4 Å². The highest BCUT2D eigenvalue weighted by molar-refractivity contribution is 8.00. The highest BCUT2D eigenvalue weighted by Crippen LogP contribution is 2.24. The fourth-order valence-corrected chi connectivity index (χ4v) is 5.51. The Balaban J connectivity index is 1.56. The van der Waals surface area contributed by atoms with Crippen molar-refractivity contribution in [3.8, 4) is 0 Å². The lowest BCUT2D eigenvalue weighted by Crippen LogP contribution is -2.50. The van der Waals surface area contributed by atoms with Gasteiger partial charge in [0.15, 0.2) is 0 Å². The molecule has 2 aromatic carbocycles. The first-order valence-electron chi connectivity index (χ1n) is 9.01. The number of carbonyl (C=O) groups is 1. The number of nitrogens with zero attached hydrogens (tertiary/aromatic N) is 2. The van der Waals surface area contributed by atoms with Gasteiger partial charge in [0.2, 0.25) is 15.9 Å². The number of aryl methyl sites for hydroxylation is 2. The van der Waals surface area contributed by atoms with Crippen LogP contribution in [0, 0.1) is 19.7 Å². The molecule has 0 unspecified atom stereocenters. The second-order valence-electron chi connectivity index (χ2n) is 6.80. The molecule has 0 bridgehead atoms. The van der Waals surface area contributed by atoms with Crippen LogP contribution in [0.25, 0.3) is 0 Å². The Bertz CT molecular complexity index is 971. The third-order valence-electron chi connectivity index (χ3n) is 4.71. The maximum absolute atomic E-state index is 13.4. The van der Waals surface area contributed by atoms with E-state index in [4.69, 9.17) is 0 Å². The molecule has 1 aliphatic heterocycles. The first-order valence-corrected chi connectivity index (χ1v) is 11.4. The summed E-state index contributed by atoms with van der Waals surface area (Å²) in [5.74, 6) is -0.272. The summed E-state index contributed by atoms with van der Waals surface area (Å²) in [5.41, 5.74) is 2.33. The number of piperazine rings is 1. The lowest BCUT2D eigenvalue weighted by molar-refractivity contribution is -0.129. The molecule has 0 radical (unpaired) electrons. The predicted molar refractivity (Wildman–Crippen MR) is 108 cm³/mol. The minimum absolute atomic E-state index is 0.00669. The van der Waals surface area contributed by atoms with Gasteiger partial charge < -0.3 is 4.90 Å². The van der Waals surface area contributed by atoms with Crippen LogP contribution in [0.2, 0.25) is 0 Å². The number of benzene rings is 2. The molecule has 0 spiro atoms. The van der Waals surface area contributed by atoms with Gasteiger partial charge in [-0.3, -0.25) is 4.79 Å². The molecule has 3 rings (SSSR count). The molecule has 0 saturated carbocycles. The number of hydrogen-bond donors (Lipinski definition) is 0. The number of amides is 1. The van der Waals surface area contributed by atoms with Gasteiger partial charge in [-0.05, 0) is 43.7 Å². The number of rotatable bonds is 5. The van der Waals surface area contributed by atoms with E-state index in [1.165, 1.54) is 39.8 Å². The van der Waals surface area contributed by atoms with Crippen LogP contribution in [0.15, 0.2) is 52.3 Å². The van der Waals surface area contributed by atoms with Crippen LogP contribution in [0.5, 0.6) is 0 Å². The lowest BCUT2D eigenvalue weighted by atomic mass is 10.2. The van der Waals surface area contributed by atoms with E-state index in [0.29, 0.717) is 18.8 Å². The molecule has 1 saturated heterocycles. The van der Waals surface area contributed by atoms with Gasteiger partial charge in [0.25, 0.3) is 0 Å². The van der Waals surface area contributed by atoms with E-state index in [1.807, 2.05) is 26.0 Å². The van der Waals surface area contributed by atoms with Crippen molar-refractivity contribution >= 4 is 27.7 Å². The Labute approximate surface area is 169 Å². The van der Waals surface area contributed by atoms with Gasteiger partial charge in [-0.25, -0.2) is 12.8 Å². The zero-order valence-electron chi connectivity index (χ0n) is 15.9. The molecule has 1 aliphatic rings. The molecule has 0 aliphatic carbocycles. The summed E-state index contributed by atoms with van der Waals surface area (Å²) in [6, 6.07) is 11.1. The topological polar surface area (TPSA) is 57.7 Å². The van der Waals surface area contributed by atoms with Crippen LogP contribution in [0.4, 0.5) is 4.39 Å². The summed E-state index contributed by atoms with van der Waals surface area (Å²) in [5, 5.41) is 0. The monoisotopic (exact) mass is 422 g/mol. The normalized spacial score (nSPS) is 15.6. The van der Waals surface area contributed by atoms with Gasteiger partial charge in [0.1, 0.15) is 5.82 Å². The third kappa shape index (κ3) is 4.74. The van der Waals surface area contributed by atoms with Crippen molar-refractivity contribution in [3.63, 3.8) is 0 Å². The maximum Gasteiger partial charge on any atom is 0.243 e. The van der Waals surface area contributed by atoms with Crippen LogP contribution in [-0.2, 0) is 14.8 Å². The standard InChI is InChI=1S/C20H23FN2O3S2/c1-15-6-7-19(16(2)12-15)27-14-20(24)22-8-10-23(11-9-22)28(25,26)18-5-3-4-17(21)13-18/h3-7,12-13H,8-11,14H2,1-2H3. The van der Waals surface area contributed by atoms with E-state index in [2.05, 4.69) is 6.07 Å². The minimum Gasteiger partial charge on any atom is -0.339 e. The zero-order chi connectivity index (χ0) is 20.3. The highest BCUT2D eigenvalue weighted by atomic mass is 32.2. The van der Waals surface area contributed by atoms with Crippen LogP contribution in [-0.4, -0.2) is 55.5 Å². The zero-order valence-corrected chi connectivity index (χ0v) is 17.5. The summed E-state index contributed by atoms with van der Waals surface area (Å²) in [6.07, 6.45) is 0. The average molecular weight is 423 g/mol. The second-order valence-corrected chi connectivity index (χ2v) is 9.75. The molecule has 5 nitrogen and oxygen atoms in total. The molecular weight excluding hydrogens is 399 g/mol. The molecule has 2 aromatic rings. The van der Waals surface area contributed by atoms with E-state index < -0.39 is 15.8 Å². The Kier molecular flexibility index (Phi) is 6.42. The first-order chi connectivity index (χ1) is 13.3. The van der Waals surface area contributed by atoms with E-state index in [9.17, 15) is 17.6 Å². The van der Waals surface area contributed by atoms with Crippen molar-refractivity contribution in [2.45, 2.75) is 23.6 Å². The quantitative estimate of drug-likeness (QED) is 0.695. The van der Waals surface area contributed by atoms with Crippen molar-refractivity contribution in [2.24, 2.45) is 0 Å². The predicted octanol–water partition coefficient (Wildman–Crippen LogP) is 3.07. The van der Waals surface area contributed by atoms with Crippen LogP contribution in [0.3, 0.4) is 0 Å². The van der Waals surface area contributed by atoms with Gasteiger partial charge in [-0.15, -0.1) is 11.8 Å². The van der Waals surface area contributed by atoms with Crippen molar-refractivity contribution in [2.75, 3.05) is 31.9 Å². The van der Waals surface area contributed by atoms with Crippen LogP contribution < -0.4 is 0 Å². The molecule has 1 fully saturated rings. The van der Waals surface area contributed by atoms with E-state index in [0.717, 1.165) is 16.5 Å². The smallest absolute Gasteiger partial charge is 0.243 e. The lowest BCUT2D eigenvalue weighted by Gasteiger charge is -2.34. The van der Waals surface area contributed by atoms with Crippen molar-refractivity contribution < 1.29 is 17.6 Å². The number of thioether (sulfide) groups is 1. The van der Waals surface area contributed by atoms with Gasteiger partial charge in [-0.1, -0.05) is 23.8 Å². The molecule has 0 N–H and O–H groups in total. The minimum atomic E-state index is -3.75.